The highest BCUT2D eigenvalue weighted by Gasteiger charge is 2.50. The summed E-state index contributed by atoms with van der Waals surface area (Å²) >= 11 is 0. The van der Waals surface area contributed by atoms with Gasteiger partial charge in [-0.3, -0.25) is 0 Å². The molecule has 4 heteroatoms. The van der Waals surface area contributed by atoms with Crippen molar-refractivity contribution >= 4 is 26.8 Å². The number of aliphatic hydroxyl groups is 1. The molecule has 0 bridgehead atoms. The predicted molar refractivity (Wildman–Crippen MR) is 125 cm³/mol. The Hall–Kier alpha value is -1.65. The van der Waals surface area contributed by atoms with Crippen molar-refractivity contribution in [2.24, 2.45) is 0 Å². The van der Waals surface area contributed by atoms with Gasteiger partial charge in [0.25, 0.3) is 8.32 Å². The number of benzene rings is 2. The summed E-state index contributed by atoms with van der Waals surface area (Å²) in [5, 5.41) is 13.0. The van der Waals surface area contributed by atoms with Crippen LogP contribution in [0.5, 0.6) is 0 Å². The lowest BCUT2D eigenvalue weighted by molar-refractivity contribution is 0.106. The summed E-state index contributed by atoms with van der Waals surface area (Å²) in [7, 11) is -4.01. The summed E-state index contributed by atoms with van der Waals surface area (Å²) < 4.78 is 6.74. The van der Waals surface area contributed by atoms with Crippen LogP contribution < -0.4 is 10.4 Å². The Kier molecular flexibility index (Phi) is 7.47. The van der Waals surface area contributed by atoms with Crippen molar-refractivity contribution in [3.8, 4) is 11.5 Å². The molecule has 0 saturated carbocycles. The molecule has 2 aromatic rings. The zero-order chi connectivity index (χ0) is 20.8. The van der Waals surface area contributed by atoms with Gasteiger partial charge in [0, 0.05) is 6.42 Å². The maximum atomic E-state index is 10.6. The monoisotopic (exact) mass is 410 g/mol. The van der Waals surface area contributed by atoms with Crippen LogP contribution in [0, 0.1) is 11.5 Å². The number of aliphatic hydroxyl groups excluding tert-OH is 1. The van der Waals surface area contributed by atoms with E-state index in [9.17, 15) is 5.11 Å². The Labute approximate surface area is 173 Å². The Morgan fingerprint density at radius 1 is 0.893 bits per heavy atom. The Bertz CT molecular complexity index is 754. The van der Waals surface area contributed by atoms with Crippen LogP contribution in [0.1, 0.15) is 27.2 Å². The van der Waals surface area contributed by atoms with Gasteiger partial charge < -0.3 is 9.53 Å². The van der Waals surface area contributed by atoms with Crippen molar-refractivity contribution in [1.29, 1.82) is 0 Å². The lowest BCUT2D eigenvalue weighted by atomic mass is 10.2. The zero-order valence-electron chi connectivity index (χ0n) is 18.1. The molecule has 1 N–H and O–H groups in total. The fraction of sp³-hybridized carbons (Fsp3) is 0.417. The first-order valence-electron chi connectivity index (χ1n) is 9.99. The second-order valence-electron chi connectivity index (χ2n) is 9.38. The standard InChI is InChI=1S/C24H34O2Si2/c1-24(2,3)28(22-15-9-7-10-16-22,23-17-11-8-12-18-23)26-20-21(25)14-13-19-27(4,5)6/h7-12,15-18,21,25H,14,20H2,1-6H3. The van der Waals surface area contributed by atoms with E-state index in [4.69, 9.17) is 4.43 Å². The van der Waals surface area contributed by atoms with E-state index in [2.05, 4.69) is 100 Å². The van der Waals surface area contributed by atoms with E-state index in [-0.39, 0.29) is 5.04 Å². The van der Waals surface area contributed by atoms with Crippen molar-refractivity contribution in [1.82, 2.24) is 0 Å². The molecule has 0 heterocycles. The minimum absolute atomic E-state index is 0.0839. The van der Waals surface area contributed by atoms with E-state index in [1.165, 1.54) is 10.4 Å². The van der Waals surface area contributed by atoms with Crippen LogP contribution in [0.15, 0.2) is 60.7 Å². The second-order valence-corrected chi connectivity index (χ2v) is 18.4. The largest absolute Gasteiger partial charge is 0.405 e. The number of rotatable bonds is 6. The molecule has 2 rings (SSSR count). The van der Waals surface area contributed by atoms with Gasteiger partial charge in [0.05, 0.1) is 12.7 Å². The van der Waals surface area contributed by atoms with Crippen LogP contribution in [0.3, 0.4) is 0 Å². The summed E-state index contributed by atoms with van der Waals surface area (Å²) in [5.41, 5.74) is 3.33. The maximum absolute atomic E-state index is 10.6. The third-order valence-electron chi connectivity index (χ3n) is 4.71. The quantitative estimate of drug-likeness (QED) is 0.571. The maximum Gasteiger partial charge on any atom is 0.261 e. The molecule has 0 aromatic heterocycles. The normalized spacial score (nSPS) is 13.5. The Morgan fingerprint density at radius 3 is 1.75 bits per heavy atom. The molecule has 2 nitrogen and oxygen atoms in total. The summed E-state index contributed by atoms with van der Waals surface area (Å²) in [6.45, 7) is 13.7. The molecule has 0 aliphatic heterocycles. The van der Waals surface area contributed by atoms with Crippen molar-refractivity contribution < 1.29 is 9.53 Å². The number of hydrogen-bond donors (Lipinski definition) is 1. The molecule has 0 radical (unpaired) electrons. The van der Waals surface area contributed by atoms with Gasteiger partial charge >= 0.3 is 0 Å². The van der Waals surface area contributed by atoms with E-state index >= 15 is 0 Å². The van der Waals surface area contributed by atoms with E-state index in [0.717, 1.165) is 0 Å². The molecule has 1 unspecified atom stereocenters. The predicted octanol–water partition coefficient (Wildman–Crippen LogP) is 4.19. The van der Waals surface area contributed by atoms with E-state index in [1.807, 2.05) is 12.1 Å². The molecule has 2 aromatic carbocycles. The van der Waals surface area contributed by atoms with Gasteiger partial charge in [-0.2, -0.15) is 0 Å². The fourth-order valence-corrected chi connectivity index (χ4v) is 8.71. The SMILES string of the molecule is CC(C)(C)[Si](OCC(O)CC#C[Si](C)(C)C)(c1ccccc1)c1ccccc1. The van der Waals surface area contributed by atoms with E-state index in [0.29, 0.717) is 13.0 Å². The first-order chi connectivity index (χ1) is 13.1. The van der Waals surface area contributed by atoms with Crippen molar-refractivity contribution in [3.63, 3.8) is 0 Å². The van der Waals surface area contributed by atoms with Gasteiger partial charge in [-0.25, -0.2) is 0 Å². The number of hydrogen-bond acceptors (Lipinski definition) is 2. The molecule has 0 aliphatic carbocycles. The van der Waals surface area contributed by atoms with Crippen molar-refractivity contribution in [3.05, 3.63) is 60.7 Å². The molecule has 0 saturated heterocycles. The Morgan fingerprint density at radius 2 is 1.36 bits per heavy atom. The van der Waals surface area contributed by atoms with E-state index in [1.54, 1.807) is 0 Å². The first-order valence-corrected chi connectivity index (χ1v) is 15.4. The summed E-state index contributed by atoms with van der Waals surface area (Å²) in [6, 6.07) is 21.0. The van der Waals surface area contributed by atoms with Gasteiger partial charge in [-0.15, -0.1) is 11.5 Å². The molecular weight excluding hydrogens is 376 g/mol. The minimum atomic E-state index is -2.59. The molecule has 0 aliphatic rings. The molecule has 150 valence electrons. The van der Waals surface area contributed by atoms with Gasteiger partial charge in [0.2, 0.25) is 0 Å². The summed E-state index contributed by atoms with van der Waals surface area (Å²) in [5.74, 6) is 3.18. The van der Waals surface area contributed by atoms with Gasteiger partial charge in [-0.1, -0.05) is 101 Å². The van der Waals surface area contributed by atoms with Gasteiger partial charge in [-0.05, 0) is 15.4 Å². The van der Waals surface area contributed by atoms with Crippen LogP contribution in [0.2, 0.25) is 24.7 Å². The third-order valence-corrected chi connectivity index (χ3v) is 10.6. The van der Waals surface area contributed by atoms with Crippen LogP contribution in [-0.2, 0) is 4.43 Å². The van der Waals surface area contributed by atoms with Crippen LogP contribution in [-0.4, -0.2) is 34.2 Å². The molecular formula is C24H34O2Si2. The fourth-order valence-electron chi connectivity index (χ4n) is 3.48. The molecule has 0 fully saturated rings. The summed E-state index contributed by atoms with van der Waals surface area (Å²) in [4.78, 5) is 0. The van der Waals surface area contributed by atoms with Gasteiger partial charge in [0.15, 0.2) is 0 Å². The van der Waals surface area contributed by atoms with Crippen LogP contribution >= 0.6 is 0 Å². The molecule has 28 heavy (non-hydrogen) atoms. The van der Waals surface area contributed by atoms with Crippen LogP contribution in [0.4, 0.5) is 0 Å². The average molecular weight is 411 g/mol. The molecule has 0 amide bonds. The van der Waals surface area contributed by atoms with E-state index < -0.39 is 22.5 Å². The second kappa shape index (κ2) is 9.23. The lowest BCUT2D eigenvalue weighted by Crippen LogP contribution is -2.67. The topological polar surface area (TPSA) is 29.5 Å². The highest BCUT2D eigenvalue weighted by molar-refractivity contribution is 6.99. The third kappa shape index (κ3) is 5.68. The minimum Gasteiger partial charge on any atom is -0.405 e. The van der Waals surface area contributed by atoms with Crippen molar-refractivity contribution in [2.45, 2.75) is 58.0 Å². The highest BCUT2D eigenvalue weighted by Crippen LogP contribution is 2.36. The van der Waals surface area contributed by atoms with Crippen molar-refractivity contribution in [2.75, 3.05) is 6.61 Å². The lowest BCUT2D eigenvalue weighted by Gasteiger charge is -2.43. The van der Waals surface area contributed by atoms with Crippen LogP contribution in [0.25, 0.3) is 0 Å². The Balaban J connectivity index is 2.38. The highest BCUT2D eigenvalue weighted by atomic mass is 28.4. The summed E-state index contributed by atoms with van der Waals surface area (Å²) in [6.07, 6.45) is -0.117. The molecule has 0 spiro atoms. The molecule has 1 atom stereocenters. The smallest absolute Gasteiger partial charge is 0.261 e. The average Bonchev–Trinajstić information content (AvgIpc) is 2.62. The zero-order valence-corrected chi connectivity index (χ0v) is 20.1. The first kappa shape index (κ1) is 22.6. The van der Waals surface area contributed by atoms with Gasteiger partial charge in [0.1, 0.15) is 8.07 Å².